The van der Waals surface area contributed by atoms with Gasteiger partial charge in [-0.15, -0.1) is 0 Å². The third kappa shape index (κ3) is 4.78. The van der Waals surface area contributed by atoms with E-state index < -0.39 is 8.80 Å². The molecular weight excluding hydrogens is 645 g/mol. The van der Waals surface area contributed by atoms with Gasteiger partial charge in [0, 0.05) is 32.9 Å². The van der Waals surface area contributed by atoms with Crippen molar-refractivity contribution in [3.8, 4) is 22.5 Å². The number of fused-ring (bicyclic) bond motifs is 7. The third-order valence-corrected chi connectivity index (χ3v) is 14.0. The van der Waals surface area contributed by atoms with Crippen LogP contribution in [-0.2, 0) is 0 Å². The van der Waals surface area contributed by atoms with Gasteiger partial charge >= 0.3 is 0 Å². The number of aryl methyl sites for hydroxylation is 1. The first kappa shape index (κ1) is 30.4. The molecule has 2 heterocycles. The van der Waals surface area contributed by atoms with Gasteiger partial charge in [-0.05, 0) is 71.3 Å². The average molecular weight is 681 g/mol. The molecule has 0 aliphatic carbocycles. The second-order valence-electron chi connectivity index (χ2n) is 13.7. The average Bonchev–Trinajstić information content (AvgIpc) is 3.72. The van der Waals surface area contributed by atoms with Gasteiger partial charge in [-0.25, -0.2) is 0 Å². The molecule has 0 atom stereocenters. The van der Waals surface area contributed by atoms with Crippen LogP contribution in [-0.4, -0.2) is 17.9 Å². The topological polar surface area (TPSA) is 9.86 Å². The first-order valence-corrected chi connectivity index (χ1v) is 19.8. The van der Waals surface area contributed by atoms with E-state index in [4.69, 9.17) is 0 Å². The number of nitrogens with zero attached hydrogens (tertiary/aromatic N) is 2. The summed E-state index contributed by atoms with van der Waals surface area (Å²) >= 11 is 0. The summed E-state index contributed by atoms with van der Waals surface area (Å²) in [4.78, 5) is 0. The van der Waals surface area contributed by atoms with Gasteiger partial charge in [-0.2, -0.15) is 0 Å². The zero-order valence-corrected chi connectivity index (χ0v) is 30.1. The van der Waals surface area contributed by atoms with Crippen molar-refractivity contribution in [3.05, 3.63) is 200 Å². The van der Waals surface area contributed by atoms with Crippen molar-refractivity contribution >= 4 is 68.0 Å². The summed E-state index contributed by atoms with van der Waals surface area (Å²) in [7, 11) is -1.75. The Morgan fingerprint density at radius 2 is 0.962 bits per heavy atom. The minimum atomic E-state index is -1.75. The SMILES string of the molecule is Cc1cc(-n2c3ccccc3c3ccc4c(c5ccccc5n4-c4ccccc4)c32)ccc1-c1ccccc1[SiH](c1ccccc1)c1ccccc1. The summed E-state index contributed by atoms with van der Waals surface area (Å²) in [5.41, 5.74) is 11.1. The Labute approximate surface area is 305 Å². The quantitative estimate of drug-likeness (QED) is 0.122. The molecule has 0 unspecified atom stereocenters. The molecule has 0 fully saturated rings. The fourth-order valence-corrected chi connectivity index (χ4v) is 11.7. The number of benzene rings is 8. The van der Waals surface area contributed by atoms with Crippen LogP contribution < -0.4 is 15.6 Å². The summed E-state index contributed by atoms with van der Waals surface area (Å²) in [6, 6.07) is 71.5. The summed E-state index contributed by atoms with van der Waals surface area (Å²) in [5.74, 6) is 0. The predicted molar refractivity (Wildman–Crippen MR) is 224 cm³/mol. The van der Waals surface area contributed by atoms with Crippen molar-refractivity contribution in [2.24, 2.45) is 0 Å². The second kappa shape index (κ2) is 12.4. The van der Waals surface area contributed by atoms with Crippen LogP contribution in [0.3, 0.4) is 0 Å². The molecule has 0 saturated carbocycles. The van der Waals surface area contributed by atoms with Crippen LogP contribution in [0.1, 0.15) is 5.56 Å². The lowest BCUT2D eigenvalue weighted by molar-refractivity contribution is 1.17. The number of aromatic nitrogens is 2. The molecule has 246 valence electrons. The fourth-order valence-electron chi connectivity index (χ4n) is 8.56. The van der Waals surface area contributed by atoms with E-state index in [0.29, 0.717) is 0 Å². The van der Waals surface area contributed by atoms with Gasteiger partial charge in [0.15, 0.2) is 0 Å². The third-order valence-electron chi connectivity index (χ3n) is 10.8. The zero-order chi connectivity index (χ0) is 34.6. The smallest absolute Gasteiger partial charge is 0.133 e. The zero-order valence-electron chi connectivity index (χ0n) is 28.9. The van der Waals surface area contributed by atoms with Crippen molar-refractivity contribution in [3.63, 3.8) is 0 Å². The van der Waals surface area contributed by atoms with Crippen LogP contribution in [0.25, 0.3) is 66.1 Å². The number of hydrogen-bond acceptors (Lipinski definition) is 0. The maximum atomic E-state index is 2.50. The molecule has 0 aliphatic heterocycles. The monoisotopic (exact) mass is 680 g/mol. The maximum absolute atomic E-state index is 2.50. The highest BCUT2D eigenvalue weighted by molar-refractivity contribution is 6.96. The van der Waals surface area contributed by atoms with Crippen molar-refractivity contribution < 1.29 is 0 Å². The largest absolute Gasteiger partial charge is 0.309 e. The Balaban J connectivity index is 1.21. The molecule has 0 saturated heterocycles. The Morgan fingerprint density at radius 3 is 1.65 bits per heavy atom. The highest BCUT2D eigenvalue weighted by Gasteiger charge is 2.24. The van der Waals surface area contributed by atoms with E-state index in [1.165, 1.54) is 87.2 Å². The van der Waals surface area contributed by atoms with Crippen LogP contribution in [0, 0.1) is 6.92 Å². The van der Waals surface area contributed by atoms with Gasteiger partial charge in [0.1, 0.15) is 8.80 Å². The van der Waals surface area contributed by atoms with E-state index in [1.807, 2.05) is 0 Å². The maximum Gasteiger partial charge on any atom is 0.133 e. The summed E-state index contributed by atoms with van der Waals surface area (Å²) < 4.78 is 4.92. The molecule has 0 spiro atoms. The van der Waals surface area contributed by atoms with E-state index in [9.17, 15) is 0 Å². The molecule has 0 radical (unpaired) electrons. The fraction of sp³-hybridized carbons (Fsp3) is 0.0204. The van der Waals surface area contributed by atoms with Crippen LogP contribution in [0.15, 0.2) is 194 Å². The molecule has 0 amide bonds. The molecule has 2 aromatic heterocycles. The van der Waals surface area contributed by atoms with Crippen molar-refractivity contribution in [1.29, 1.82) is 0 Å². The molecule has 0 bridgehead atoms. The molecule has 3 heteroatoms. The molecule has 0 N–H and O–H groups in total. The Bertz CT molecular complexity index is 2860. The standard InChI is InChI=1S/C49H36N2Si/c1-34-33-36(29-30-39(34)41-24-13-16-28-47(41)52(37-19-7-3-8-20-37)38-21-9-4-10-22-38)51-44-26-14-11-23-40(44)42-31-32-46-48(49(42)51)43-25-12-15-27-45(43)50(46)35-17-5-2-6-18-35/h2-33,52H,1H3. The summed E-state index contributed by atoms with van der Waals surface area (Å²) in [5, 5.41) is 9.38. The van der Waals surface area contributed by atoms with Gasteiger partial charge in [0.2, 0.25) is 0 Å². The molecule has 10 rings (SSSR count). The lowest BCUT2D eigenvalue weighted by Gasteiger charge is -2.22. The highest BCUT2D eigenvalue weighted by atomic mass is 28.3. The normalized spacial score (nSPS) is 11.7. The lowest BCUT2D eigenvalue weighted by Crippen LogP contribution is -2.52. The Kier molecular flexibility index (Phi) is 7.26. The van der Waals surface area contributed by atoms with Crippen molar-refractivity contribution in [1.82, 2.24) is 9.13 Å². The van der Waals surface area contributed by atoms with Crippen LogP contribution in [0.2, 0.25) is 0 Å². The van der Waals surface area contributed by atoms with Gasteiger partial charge in [0.05, 0.1) is 22.1 Å². The number of hydrogen-bond donors (Lipinski definition) is 0. The minimum Gasteiger partial charge on any atom is -0.309 e. The number of para-hydroxylation sites is 3. The Morgan fingerprint density at radius 1 is 0.385 bits per heavy atom. The van der Waals surface area contributed by atoms with E-state index in [0.717, 1.165) is 0 Å². The molecule has 2 nitrogen and oxygen atoms in total. The van der Waals surface area contributed by atoms with Crippen LogP contribution in [0.4, 0.5) is 0 Å². The van der Waals surface area contributed by atoms with Gasteiger partial charge < -0.3 is 9.13 Å². The number of rotatable bonds is 6. The molecule has 52 heavy (non-hydrogen) atoms. The first-order chi connectivity index (χ1) is 25.8. The summed E-state index contributed by atoms with van der Waals surface area (Å²) in [6.07, 6.45) is 0. The molecular formula is C49H36N2Si. The van der Waals surface area contributed by atoms with E-state index in [2.05, 4.69) is 210 Å². The van der Waals surface area contributed by atoms with Crippen LogP contribution >= 0.6 is 0 Å². The van der Waals surface area contributed by atoms with E-state index in [1.54, 1.807) is 0 Å². The van der Waals surface area contributed by atoms with E-state index >= 15 is 0 Å². The van der Waals surface area contributed by atoms with Gasteiger partial charge in [-0.3, -0.25) is 0 Å². The molecule has 8 aromatic carbocycles. The lowest BCUT2D eigenvalue weighted by atomic mass is 9.99. The molecule has 10 aromatic rings. The minimum absolute atomic E-state index is 1.17. The first-order valence-electron chi connectivity index (χ1n) is 18.1. The summed E-state index contributed by atoms with van der Waals surface area (Å²) in [6.45, 7) is 2.28. The van der Waals surface area contributed by atoms with Gasteiger partial charge in [-0.1, -0.05) is 162 Å². The van der Waals surface area contributed by atoms with E-state index in [-0.39, 0.29) is 0 Å². The van der Waals surface area contributed by atoms with Crippen molar-refractivity contribution in [2.45, 2.75) is 6.92 Å². The second-order valence-corrected chi connectivity index (χ2v) is 16.6. The van der Waals surface area contributed by atoms with Crippen LogP contribution in [0.5, 0.6) is 0 Å². The highest BCUT2D eigenvalue weighted by Crippen LogP contribution is 2.42. The predicted octanol–water partition coefficient (Wildman–Crippen LogP) is 10.1. The van der Waals surface area contributed by atoms with Gasteiger partial charge in [0.25, 0.3) is 0 Å². The molecule has 0 aliphatic rings. The Hall–Kier alpha value is -6.42. The van der Waals surface area contributed by atoms with Crippen molar-refractivity contribution in [2.75, 3.05) is 0 Å².